The molecular formula is C16H26N2O. The van der Waals surface area contributed by atoms with Gasteiger partial charge in [0.1, 0.15) is 0 Å². The first-order valence-electron chi connectivity index (χ1n) is 7.18. The molecule has 0 radical (unpaired) electrons. The maximum absolute atomic E-state index is 10.5. The number of aryl methyl sites for hydroxylation is 1. The number of rotatable bonds is 3. The average Bonchev–Trinajstić information content (AvgIpc) is 2.54. The van der Waals surface area contributed by atoms with Crippen molar-refractivity contribution in [2.45, 2.75) is 31.9 Å². The first-order chi connectivity index (χ1) is 9.06. The van der Waals surface area contributed by atoms with E-state index in [1.54, 1.807) is 0 Å². The molecule has 1 aromatic rings. The van der Waals surface area contributed by atoms with Gasteiger partial charge in [-0.25, -0.2) is 0 Å². The summed E-state index contributed by atoms with van der Waals surface area (Å²) in [5, 5.41) is 10.5. The normalized spacial score (nSPS) is 24.1. The van der Waals surface area contributed by atoms with Crippen LogP contribution in [0, 0.1) is 6.92 Å². The van der Waals surface area contributed by atoms with Gasteiger partial charge in [0.25, 0.3) is 0 Å². The highest BCUT2D eigenvalue weighted by Crippen LogP contribution is 2.15. The molecule has 1 N–H and O–H groups in total. The van der Waals surface area contributed by atoms with Crippen molar-refractivity contribution >= 4 is 0 Å². The Kier molecular flexibility index (Phi) is 4.97. The van der Waals surface area contributed by atoms with Gasteiger partial charge in [0.05, 0.1) is 6.10 Å². The summed E-state index contributed by atoms with van der Waals surface area (Å²) >= 11 is 0. The molecular weight excluding hydrogens is 236 g/mol. The summed E-state index contributed by atoms with van der Waals surface area (Å²) in [5.41, 5.74) is 2.49. The van der Waals surface area contributed by atoms with Gasteiger partial charge < -0.3 is 10.0 Å². The maximum Gasteiger partial charge on any atom is 0.0747 e. The Morgan fingerprint density at radius 1 is 1.21 bits per heavy atom. The van der Waals surface area contributed by atoms with Crippen LogP contribution in [0.25, 0.3) is 0 Å². The lowest BCUT2D eigenvalue weighted by Gasteiger charge is -2.31. The molecule has 0 amide bonds. The highest BCUT2D eigenvalue weighted by molar-refractivity contribution is 5.22. The van der Waals surface area contributed by atoms with Crippen LogP contribution in [0.2, 0.25) is 0 Å². The minimum atomic E-state index is -0.298. The summed E-state index contributed by atoms with van der Waals surface area (Å²) in [6.07, 6.45) is 1.62. The Hall–Kier alpha value is -0.900. The Balaban J connectivity index is 2.00. The second-order valence-corrected chi connectivity index (χ2v) is 5.92. The summed E-state index contributed by atoms with van der Waals surface area (Å²) in [6.45, 7) is 5.23. The quantitative estimate of drug-likeness (QED) is 0.895. The second kappa shape index (κ2) is 6.51. The lowest BCUT2D eigenvalue weighted by atomic mass is 10.00. The first-order valence-corrected chi connectivity index (χ1v) is 7.18. The van der Waals surface area contributed by atoms with Crippen molar-refractivity contribution in [3.63, 3.8) is 0 Å². The van der Waals surface area contributed by atoms with Crippen molar-refractivity contribution in [3.8, 4) is 0 Å². The minimum Gasteiger partial charge on any atom is -0.391 e. The van der Waals surface area contributed by atoms with Crippen LogP contribution in [-0.2, 0) is 6.42 Å². The molecule has 106 valence electrons. The van der Waals surface area contributed by atoms with Crippen LogP contribution in [0.1, 0.15) is 17.5 Å². The monoisotopic (exact) mass is 262 g/mol. The zero-order valence-corrected chi connectivity index (χ0v) is 12.3. The highest BCUT2D eigenvalue weighted by Gasteiger charge is 2.27. The minimum absolute atomic E-state index is 0.230. The van der Waals surface area contributed by atoms with E-state index in [1.807, 2.05) is 0 Å². The number of hydrogen-bond acceptors (Lipinski definition) is 3. The number of aliphatic hydroxyl groups is 1. The molecule has 2 unspecified atom stereocenters. The van der Waals surface area contributed by atoms with Gasteiger partial charge in [-0.15, -0.1) is 0 Å². The molecule has 0 aliphatic carbocycles. The van der Waals surface area contributed by atoms with Gasteiger partial charge in [0.15, 0.2) is 0 Å². The van der Waals surface area contributed by atoms with Gasteiger partial charge in [0.2, 0.25) is 0 Å². The van der Waals surface area contributed by atoms with E-state index in [4.69, 9.17) is 0 Å². The molecule has 1 fully saturated rings. The Bertz CT molecular complexity index is 390. The van der Waals surface area contributed by atoms with Gasteiger partial charge >= 0.3 is 0 Å². The molecule has 1 aliphatic heterocycles. The number of likely N-dealkylation sites (N-methyl/N-ethyl adjacent to an activating group) is 2. The third-order valence-corrected chi connectivity index (χ3v) is 4.13. The first kappa shape index (κ1) is 14.5. The van der Waals surface area contributed by atoms with Crippen molar-refractivity contribution < 1.29 is 5.11 Å². The third-order valence-electron chi connectivity index (χ3n) is 4.13. The largest absolute Gasteiger partial charge is 0.391 e. The summed E-state index contributed by atoms with van der Waals surface area (Å²) in [6, 6.07) is 8.71. The Labute approximate surface area is 116 Å². The van der Waals surface area contributed by atoms with Gasteiger partial charge in [-0.3, -0.25) is 4.90 Å². The Morgan fingerprint density at radius 3 is 2.58 bits per heavy atom. The molecule has 1 aliphatic rings. The predicted molar refractivity (Wildman–Crippen MR) is 79.4 cm³/mol. The van der Waals surface area contributed by atoms with Gasteiger partial charge in [-0.1, -0.05) is 29.8 Å². The lowest BCUT2D eigenvalue weighted by molar-refractivity contribution is 0.0581. The fraction of sp³-hybridized carbons (Fsp3) is 0.625. The molecule has 19 heavy (non-hydrogen) atoms. The molecule has 3 heteroatoms. The van der Waals surface area contributed by atoms with E-state index in [9.17, 15) is 5.11 Å². The number of nitrogens with zero attached hydrogens (tertiary/aromatic N) is 2. The number of benzene rings is 1. The molecule has 0 aromatic heterocycles. The molecule has 3 nitrogen and oxygen atoms in total. The van der Waals surface area contributed by atoms with E-state index < -0.39 is 0 Å². The fourth-order valence-corrected chi connectivity index (χ4v) is 2.82. The van der Waals surface area contributed by atoms with Crippen LogP contribution in [0.3, 0.4) is 0 Å². The summed E-state index contributed by atoms with van der Waals surface area (Å²) in [5.74, 6) is 0. The number of aliphatic hydroxyl groups excluding tert-OH is 1. The lowest BCUT2D eigenvalue weighted by Crippen LogP contribution is -2.46. The molecule has 0 bridgehead atoms. The molecule has 1 aromatic carbocycles. The highest BCUT2D eigenvalue weighted by atomic mass is 16.3. The SMILES string of the molecule is Cc1ccc(CC(O)C2CN(C)CCCN2C)cc1. The predicted octanol–water partition coefficient (Wildman–Crippen LogP) is 1.53. The smallest absolute Gasteiger partial charge is 0.0747 e. The summed E-state index contributed by atoms with van der Waals surface area (Å²) in [7, 11) is 4.27. The molecule has 1 saturated heterocycles. The molecule has 1 heterocycles. The van der Waals surface area contributed by atoms with E-state index in [-0.39, 0.29) is 12.1 Å². The van der Waals surface area contributed by atoms with Gasteiger partial charge in [-0.2, -0.15) is 0 Å². The summed E-state index contributed by atoms with van der Waals surface area (Å²) in [4.78, 5) is 4.63. The van der Waals surface area contributed by atoms with Crippen LogP contribution in [-0.4, -0.2) is 60.8 Å². The van der Waals surface area contributed by atoms with Crippen LogP contribution in [0.15, 0.2) is 24.3 Å². The average molecular weight is 262 g/mol. The standard InChI is InChI=1S/C16H26N2O/c1-13-5-7-14(8-6-13)11-16(19)15-12-17(2)9-4-10-18(15)3/h5-8,15-16,19H,4,9-12H2,1-3H3. The van der Waals surface area contributed by atoms with Crippen molar-refractivity contribution in [2.24, 2.45) is 0 Å². The maximum atomic E-state index is 10.5. The summed E-state index contributed by atoms with van der Waals surface area (Å²) < 4.78 is 0. The van der Waals surface area contributed by atoms with Crippen LogP contribution in [0.5, 0.6) is 0 Å². The molecule has 2 atom stereocenters. The molecule has 0 spiro atoms. The topological polar surface area (TPSA) is 26.7 Å². The van der Waals surface area contributed by atoms with Gasteiger partial charge in [0, 0.05) is 12.6 Å². The zero-order chi connectivity index (χ0) is 13.8. The van der Waals surface area contributed by atoms with Gasteiger partial charge in [-0.05, 0) is 52.5 Å². The molecule has 0 saturated carbocycles. The van der Waals surface area contributed by atoms with E-state index in [0.29, 0.717) is 0 Å². The molecule has 2 rings (SSSR count). The van der Waals surface area contributed by atoms with Crippen LogP contribution in [0.4, 0.5) is 0 Å². The third kappa shape index (κ3) is 4.03. The van der Waals surface area contributed by atoms with E-state index in [2.05, 4.69) is 55.1 Å². The zero-order valence-electron chi connectivity index (χ0n) is 12.3. The van der Waals surface area contributed by atoms with Crippen molar-refractivity contribution in [1.29, 1.82) is 0 Å². The van der Waals surface area contributed by atoms with Crippen LogP contribution >= 0.6 is 0 Å². The van der Waals surface area contributed by atoms with E-state index >= 15 is 0 Å². The Morgan fingerprint density at radius 2 is 1.89 bits per heavy atom. The number of hydrogen-bond donors (Lipinski definition) is 1. The van der Waals surface area contributed by atoms with Crippen molar-refractivity contribution in [3.05, 3.63) is 35.4 Å². The van der Waals surface area contributed by atoms with Crippen LogP contribution < -0.4 is 0 Å². The van der Waals surface area contributed by atoms with Crippen molar-refractivity contribution in [1.82, 2.24) is 9.80 Å². The van der Waals surface area contributed by atoms with Crippen molar-refractivity contribution in [2.75, 3.05) is 33.7 Å². The van der Waals surface area contributed by atoms with E-state index in [1.165, 1.54) is 17.5 Å². The fourth-order valence-electron chi connectivity index (χ4n) is 2.82. The second-order valence-electron chi connectivity index (χ2n) is 5.92. The van der Waals surface area contributed by atoms with E-state index in [0.717, 1.165) is 26.1 Å².